The Kier molecular flexibility index (Phi) is 4.12. The summed E-state index contributed by atoms with van der Waals surface area (Å²) in [4.78, 5) is 12.4. The Labute approximate surface area is 112 Å². The highest BCUT2D eigenvalue weighted by Gasteiger charge is 2.27. The zero-order chi connectivity index (χ0) is 13.1. The molecule has 0 radical (unpaired) electrons. The number of carbonyl (C=O) groups is 1. The van der Waals surface area contributed by atoms with Crippen LogP contribution in [0.25, 0.3) is 0 Å². The maximum absolute atomic E-state index is 12.4. The molecule has 0 atom stereocenters. The molecule has 0 saturated heterocycles. The predicted octanol–water partition coefficient (Wildman–Crippen LogP) is 3.73. The monoisotopic (exact) mass is 268 g/mol. The standard InChI is InChI=1S/C14H17ClO3/c1-17-11-8-7-10(14(18-2)12(11)15)13(16)9-5-3-4-6-9/h7-9H,3-6H2,1-2H3. The molecule has 18 heavy (non-hydrogen) atoms. The van der Waals surface area contributed by atoms with Gasteiger partial charge in [0.1, 0.15) is 10.8 Å². The fourth-order valence-corrected chi connectivity index (χ4v) is 2.82. The number of Topliss-reactive ketones (excluding diaryl/α,β-unsaturated/α-hetero) is 1. The minimum Gasteiger partial charge on any atom is -0.495 e. The zero-order valence-corrected chi connectivity index (χ0v) is 11.4. The summed E-state index contributed by atoms with van der Waals surface area (Å²) < 4.78 is 10.4. The Morgan fingerprint density at radius 3 is 2.44 bits per heavy atom. The highest BCUT2D eigenvalue weighted by atomic mass is 35.5. The molecule has 3 nitrogen and oxygen atoms in total. The first-order chi connectivity index (χ1) is 8.69. The van der Waals surface area contributed by atoms with Gasteiger partial charge in [-0.05, 0) is 25.0 Å². The first kappa shape index (κ1) is 13.2. The van der Waals surface area contributed by atoms with Crippen LogP contribution in [0.3, 0.4) is 0 Å². The van der Waals surface area contributed by atoms with E-state index in [-0.39, 0.29) is 11.7 Å². The van der Waals surface area contributed by atoms with Gasteiger partial charge in [-0.25, -0.2) is 0 Å². The Balaban J connectivity index is 2.37. The second kappa shape index (κ2) is 5.61. The molecule has 1 fully saturated rings. The van der Waals surface area contributed by atoms with Gasteiger partial charge in [-0.15, -0.1) is 0 Å². The van der Waals surface area contributed by atoms with E-state index in [0.29, 0.717) is 22.1 Å². The lowest BCUT2D eigenvalue weighted by atomic mass is 9.95. The summed E-state index contributed by atoms with van der Waals surface area (Å²) in [6.07, 6.45) is 4.18. The fraction of sp³-hybridized carbons (Fsp3) is 0.500. The molecule has 1 saturated carbocycles. The van der Waals surface area contributed by atoms with Crippen LogP contribution in [0, 0.1) is 5.92 Å². The molecule has 0 N–H and O–H groups in total. The predicted molar refractivity (Wildman–Crippen MR) is 70.8 cm³/mol. The third kappa shape index (κ3) is 2.32. The molecule has 0 aromatic heterocycles. The van der Waals surface area contributed by atoms with Crippen molar-refractivity contribution in [3.63, 3.8) is 0 Å². The van der Waals surface area contributed by atoms with E-state index in [9.17, 15) is 4.79 Å². The average molecular weight is 269 g/mol. The lowest BCUT2D eigenvalue weighted by molar-refractivity contribution is 0.0919. The number of rotatable bonds is 4. The van der Waals surface area contributed by atoms with E-state index in [1.54, 1.807) is 19.2 Å². The quantitative estimate of drug-likeness (QED) is 0.781. The molecular weight excluding hydrogens is 252 g/mol. The van der Waals surface area contributed by atoms with Crippen molar-refractivity contribution < 1.29 is 14.3 Å². The number of methoxy groups -OCH3 is 2. The lowest BCUT2D eigenvalue weighted by Gasteiger charge is -2.14. The molecule has 0 bridgehead atoms. The molecule has 0 amide bonds. The van der Waals surface area contributed by atoms with Crippen molar-refractivity contribution >= 4 is 17.4 Å². The van der Waals surface area contributed by atoms with Gasteiger partial charge in [-0.3, -0.25) is 4.79 Å². The van der Waals surface area contributed by atoms with Crippen molar-refractivity contribution in [3.8, 4) is 11.5 Å². The van der Waals surface area contributed by atoms with Crippen LogP contribution >= 0.6 is 11.6 Å². The van der Waals surface area contributed by atoms with Gasteiger partial charge in [-0.2, -0.15) is 0 Å². The van der Waals surface area contributed by atoms with Crippen LogP contribution in [-0.4, -0.2) is 20.0 Å². The van der Waals surface area contributed by atoms with E-state index in [1.807, 2.05) is 0 Å². The summed E-state index contributed by atoms with van der Waals surface area (Å²) in [7, 11) is 3.06. The van der Waals surface area contributed by atoms with Crippen LogP contribution in [-0.2, 0) is 0 Å². The van der Waals surface area contributed by atoms with Crippen molar-refractivity contribution in [3.05, 3.63) is 22.7 Å². The molecule has 0 unspecified atom stereocenters. The van der Waals surface area contributed by atoms with Crippen molar-refractivity contribution in [2.24, 2.45) is 5.92 Å². The second-order valence-corrected chi connectivity index (χ2v) is 4.89. The van der Waals surface area contributed by atoms with E-state index in [4.69, 9.17) is 21.1 Å². The molecule has 0 heterocycles. The van der Waals surface area contributed by atoms with Crippen LogP contribution in [0.4, 0.5) is 0 Å². The third-order valence-corrected chi connectivity index (χ3v) is 3.84. The van der Waals surface area contributed by atoms with E-state index in [2.05, 4.69) is 0 Å². The minimum absolute atomic E-state index is 0.114. The summed E-state index contributed by atoms with van der Waals surface area (Å²) in [6.45, 7) is 0. The Morgan fingerprint density at radius 2 is 1.89 bits per heavy atom. The largest absolute Gasteiger partial charge is 0.495 e. The number of ether oxygens (including phenoxy) is 2. The molecule has 1 aliphatic carbocycles. The third-order valence-electron chi connectivity index (χ3n) is 3.48. The first-order valence-electron chi connectivity index (χ1n) is 6.13. The summed E-state index contributed by atoms with van der Waals surface area (Å²) in [5, 5.41) is 0.365. The van der Waals surface area contributed by atoms with E-state index >= 15 is 0 Å². The van der Waals surface area contributed by atoms with Gasteiger partial charge < -0.3 is 9.47 Å². The number of hydrogen-bond acceptors (Lipinski definition) is 3. The van der Waals surface area contributed by atoms with Gasteiger partial charge in [-0.1, -0.05) is 24.4 Å². The van der Waals surface area contributed by atoms with Gasteiger partial charge in [0.15, 0.2) is 11.5 Å². The smallest absolute Gasteiger partial charge is 0.169 e. The molecule has 1 aliphatic rings. The van der Waals surface area contributed by atoms with E-state index in [0.717, 1.165) is 25.7 Å². The molecule has 1 aromatic rings. The maximum Gasteiger partial charge on any atom is 0.169 e. The minimum atomic E-state index is 0.114. The number of carbonyl (C=O) groups excluding carboxylic acids is 1. The van der Waals surface area contributed by atoms with Crippen molar-refractivity contribution in [2.75, 3.05) is 14.2 Å². The van der Waals surface area contributed by atoms with Crippen LogP contribution in [0.15, 0.2) is 12.1 Å². The summed E-state index contributed by atoms with van der Waals surface area (Å²) in [5.74, 6) is 1.20. The molecule has 2 rings (SSSR count). The topological polar surface area (TPSA) is 35.5 Å². The van der Waals surface area contributed by atoms with Gasteiger partial charge >= 0.3 is 0 Å². The summed E-state index contributed by atoms with van der Waals surface area (Å²) in [6, 6.07) is 3.46. The zero-order valence-electron chi connectivity index (χ0n) is 10.7. The van der Waals surface area contributed by atoms with Gasteiger partial charge in [0.2, 0.25) is 0 Å². The number of benzene rings is 1. The van der Waals surface area contributed by atoms with Crippen LogP contribution < -0.4 is 9.47 Å². The van der Waals surface area contributed by atoms with Gasteiger partial charge in [0.25, 0.3) is 0 Å². The Hall–Kier alpha value is -1.22. The molecule has 0 aliphatic heterocycles. The second-order valence-electron chi connectivity index (χ2n) is 4.51. The van der Waals surface area contributed by atoms with Crippen molar-refractivity contribution in [2.45, 2.75) is 25.7 Å². The fourth-order valence-electron chi connectivity index (χ4n) is 2.50. The lowest BCUT2D eigenvalue weighted by Crippen LogP contribution is -2.12. The molecule has 98 valence electrons. The van der Waals surface area contributed by atoms with Crippen LogP contribution in [0.5, 0.6) is 11.5 Å². The Morgan fingerprint density at radius 1 is 1.22 bits per heavy atom. The van der Waals surface area contributed by atoms with Gasteiger partial charge in [0.05, 0.1) is 19.8 Å². The highest BCUT2D eigenvalue weighted by Crippen LogP contribution is 2.39. The number of halogens is 1. The normalized spacial score (nSPS) is 15.7. The summed E-state index contributed by atoms with van der Waals surface area (Å²) >= 11 is 6.16. The van der Waals surface area contributed by atoms with Crippen LogP contribution in [0.2, 0.25) is 5.02 Å². The van der Waals surface area contributed by atoms with Crippen LogP contribution in [0.1, 0.15) is 36.0 Å². The highest BCUT2D eigenvalue weighted by molar-refractivity contribution is 6.34. The molecule has 4 heteroatoms. The number of hydrogen-bond donors (Lipinski definition) is 0. The van der Waals surface area contributed by atoms with E-state index < -0.39 is 0 Å². The van der Waals surface area contributed by atoms with Gasteiger partial charge in [0, 0.05) is 5.92 Å². The molecular formula is C14H17ClO3. The Bertz CT molecular complexity index is 451. The summed E-state index contributed by atoms with van der Waals surface area (Å²) in [5.41, 5.74) is 0.565. The van der Waals surface area contributed by atoms with Crippen molar-refractivity contribution in [1.82, 2.24) is 0 Å². The first-order valence-corrected chi connectivity index (χ1v) is 6.51. The molecule has 1 aromatic carbocycles. The average Bonchev–Trinajstić information content (AvgIpc) is 2.91. The molecule has 0 spiro atoms. The maximum atomic E-state index is 12.4. The van der Waals surface area contributed by atoms with Crippen molar-refractivity contribution in [1.29, 1.82) is 0 Å². The van der Waals surface area contributed by atoms with E-state index in [1.165, 1.54) is 7.11 Å². The SMILES string of the molecule is COc1ccc(C(=O)C2CCCC2)c(OC)c1Cl. The number of ketones is 1.